The summed E-state index contributed by atoms with van der Waals surface area (Å²) < 4.78 is 32.7. The molecule has 0 radical (unpaired) electrons. The highest BCUT2D eigenvalue weighted by Gasteiger charge is 2.36. The lowest BCUT2D eigenvalue weighted by molar-refractivity contribution is 0.0759. The normalized spacial score (nSPS) is 19.9. The SMILES string of the molecule is CCCS(=O)(=O)N1CC(Oc2cc(C)n(C3CC3)c(=O)c2)C1. The van der Waals surface area contributed by atoms with Crippen LogP contribution in [0, 0.1) is 6.92 Å². The Hall–Kier alpha value is -1.34. The zero-order valence-corrected chi connectivity index (χ0v) is 13.8. The van der Waals surface area contributed by atoms with Gasteiger partial charge in [0.2, 0.25) is 10.0 Å². The van der Waals surface area contributed by atoms with Gasteiger partial charge in [-0.15, -0.1) is 0 Å². The van der Waals surface area contributed by atoms with Crippen molar-refractivity contribution >= 4 is 10.0 Å². The zero-order chi connectivity index (χ0) is 15.9. The third kappa shape index (κ3) is 3.05. The van der Waals surface area contributed by atoms with Gasteiger partial charge in [0.05, 0.1) is 18.8 Å². The quantitative estimate of drug-likeness (QED) is 0.790. The molecule has 1 aromatic heterocycles. The van der Waals surface area contributed by atoms with Crippen molar-refractivity contribution < 1.29 is 13.2 Å². The van der Waals surface area contributed by atoms with E-state index >= 15 is 0 Å². The summed E-state index contributed by atoms with van der Waals surface area (Å²) in [7, 11) is -3.14. The van der Waals surface area contributed by atoms with E-state index in [0.29, 0.717) is 31.3 Å². The number of hydrogen-bond donors (Lipinski definition) is 0. The van der Waals surface area contributed by atoms with Crippen LogP contribution in [0.4, 0.5) is 0 Å². The lowest BCUT2D eigenvalue weighted by Crippen LogP contribution is -2.56. The van der Waals surface area contributed by atoms with Crippen LogP contribution in [0.2, 0.25) is 0 Å². The van der Waals surface area contributed by atoms with Gasteiger partial charge in [0.25, 0.3) is 5.56 Å². The Kier molecular flexibility index (Phi) is 4.03. The first-order valence-electron chi connectivity index (χ1n) is 7.78. The molecule has 0 aromatic carbocycles. The first-order valence-corrected chi connectivity index (χ1v) is 9.39. The van der Waals surface area contributed by atoms with Gasteiger partial charge in [-0.3, -0.25) is 4.79 Å². The van der Waals surface area contributed by atoms with E-state index in [9.17, 15) is 13.2 Å². The molecule has 0 amide bonds. The van der Waals surface area contributed by atoms with Gasteiger partial charge in [0, 0.05) is 17.8 Å². The van der Waals surface area contributed by atoms with E-state index in [4.69, 9.17) is 4.74 Å². The lowest BCUT2D eigenvalue weighted by Gasteiger charge is -2.37. The molecular weight excluding hydrogens is 304 g/mol. The summed E-state index contributed by atoms with van der Waals surface area (Å²) in [6.45, 7) is 4.49. The molecule has 22 heavy (non-hydrogen) atoms. The Morgan fingerprint density at radius 3 is 2.50 bits per heavy atom. The molecule has 2 aliphatic rings. The Morgan fingerprint density at radius 2 is 1.95 bits per heavy atom. The summed E-state index contributed by atoms with van der Waals surface area (Å²) in [5, 5.41) is 0. The fourth-order valence-corrected chi connectivity index (χ4v) is 4.39. The molecule has 2 fully saturated rings. The molecule has 1 aliphatic carbocycles. The van der Waals surface area contributed by atoms with Crippen molar-refractivity contribution in [2.24, 2.45) is 0 Å². The molecule has 0 N–H and O–H groups in total. The molecule has 122 valence electrons. The summed E-state index contributed by atoms with van der Waals surface area (Å²) >= 11 is 0. The largest absolute Gasteiger partial charge is 0.487 e. The number of aromatic nitrogens is 1. The fourth-order valence-electron chi connectivity index (χ4n) is 2.83. The van der Waals surface area contributed by atoms with Crippen LogP contribution in [-0.4, -0.2) is 42.2 Å². The molecule has 7 heteroatoms. The van der Waals surface area contributed by atoms with Crippen molar-refractivity contribution in [3.63, 3.8) is 0 Å². The maximum absolute atomic E-state index is 12.1. The number of pyridine rings is 1. The highest BCUT2D eigenvalue weighted by molar-refractivity contribution is 7.89. The molecular formula is C15H22N2O4S. The van der Waals surface area contributed by atoms with Gasteiger partial charge >= 0.3 is 0 Å². The second-order valence-electron chi connectivity index (χ2n) is 6.14. The lowest BCUT2D eigenvalue weighted by atomic mass is 10.2. The molecule has 0 atom stereocenters. The van der Waals surface area contributed by atoms with Crippen LogP contribution in [0.25, 0.3) is 0 Å². The maximum Gasteiger partial charge on any atom is 0.254 e. The van der Waals surface area contributed by atoms with Crippen LogP contribution >= 0.6 is 0 Å². The van der Waals surface area contributed by atoms with Crippen LogP contribution in [0.1, 0.15) is 37.9 Å². The zero-order valence-electron chi connectivity index (χ0n) is 13.0. The van der Waals surface area contributed by atoms with Gasteiger partial charge in [0.1, 0.15) is 11.9 Å². The van der Waals surface area contributed by atoms with E-state index in [1.807, 2.05) is 24.5 Å². The summed E-state index contributed by atoms with van der Waals surface area (Å²) in [6.07, 6.45) is 2.58. The number of rotatable bonds is 6. The predicted molar refractivity (Wildman–Crippen MR) is 83.8 cm³/mol. The molecule has 0 unspecified atom stereocenters. The molecule has 0 bridgehead atoms. The molecule has 3 rings (SSSR count). The number of hydrogen-bond acceptors (Lipinski definition) is 4. The van der Waals surface area contributed by atoms with Gasteiger partial charge < -0.3 is 9.30 Å². The minimum absolute atomic E-state index is 0.0349. The Bertz CT molecular complexity index is 716. The van der Waals surface area contributed by atoms with E-state index in [0.717, 1.165) is 18.5 Å². The van der Waals surface area contributed by atoms with Crippen molar-refractivity contribution in [1.29, 1.82) is 0 Å². The smallest absolute Gasteiger partial charge is 0.254 e. The van der Waals surface area contributed by atoms with E-state index in [1.165, 1.54) is 10.4 Å². The number of nitrogens with zero attached hydrogens (tertiary/aromatic N) is 2. The van der Waals surface area contributed by atoms with Crippen molar-refractivity contribution in [2.75, 3.05) is 18.8 Å². The molecule has 6 nitrogen and oxygen atoms in total. The Morgan fingerprint density at radius 1 is 1.27 bits per heavy atom. The van der Waals surface area contributed by atoms with Gasteiger partial charge in [-0.2, -0.15) is 4.31 Å². The molecule has 1 aromatic rings. The number of aryl methyl sites for hydroxylation is 1. The van der Waals surface area contributed by atoms with Gasteiger partial charge in [0.15, 0.2) is 0 Å². The summed E-state index contributed by atoms with van der Waals surface area (Å²) in [4.78, 5) is 12.1. The van der Waals surface area contributed by atoms with Crippen LogP contribution < -0.4 is 10.3 Å². The van der Waals surface area contributed by atoms with Crippen molar-refractivity contribution in [3.8, 4) is 5.75 Å². The molecule has 0 spiro atoms. The molecule has 1 saturated carbocycles. The van der Waals surface area contributed by atoms with E-state index in [-0.39, 0.29) is 17.4 Å². The van der Waals surface area contributed by atoms with Crippen LogP contribution in [0.15, 0.2) is 16.9 Å². The topological polar surface area (TPSA) is 68.6 Å². The summed E-state index contributed by atoms with van der Waals surface area (Å²) in [5.74, 6) is 0.716. The standard InChI is InChI=1S/C15H22N2O4S/c1-3-6-22(19,20)16-9-14(10-16)21-13-7-11(2)17(12-4-5-12)15(18)8-13/h7-8,12,14H,3-6,9-10H2,1-2H3. The van der Waals surface area contributed by atoms with E-state index in [1.54, 1.807) is 0 Å². The third-order valence-corrected chi connectivity index (χ3v) is 6.13. The van der Waals surface area contributed by atoms with Gasteiger partial charge in [-0.25, -0.2) is 8.42 Å². The highest BCUT2D eigenvalue weighted by atomic mass is 32.2. The Labute approximate surface area is 130 Å². The van der Waals surface area contributed by atoms with E-state index < -0.39 is 10.0 Å². The summed E-state index contributed by atoms with van der Waals surface area (Å²) in [5.41, 5.74) is 0.868. The molecule has 2 heterocycles. The van der Waals surface area contributed by atoms with Crippen LogP contribution in [0.5, 0.6) is 5.75 Å². The molecule has 1 saturated heterocycles. The average molecular weight is 326 g/mol. The minimum Gasteiger partial charge on any atom is -0.487 e. The average Bonchev–Trinajstić information content (AvgIpc) is 3.16. The van der Waals surface area contributed by atoms with Gasteiger partial charge in [-0.05, 0) is 32.3 Å². The summed E-state index contributed by atoms with van der Waals surface area (Å²) in [6, 6.07) is 3.72. The van der Waals surface area contributed by atoms with Crippen LogP contribution in [-0.2, 0) is 10.0 Å². The highest BCUT2D eigenvalue weighted by Crippen LogP contribution is 2.35. The first kappa shape index (κ1) is 15.6. The molecule has 1 aliphatic heterocycles. The van der Waals surface area contributed by atoms with Gasteiger partial charge in [-0.1, -0.05) is 6.92 Å². The van der Waals surface area contributed by atoms with Crippen molar-refractivity contribution in [2.45, 2.75) is 45.3 Å². The fraction of sp³-hybridized carbons (Fsp3) is 0.667. The minimum atomic E-state index is -3.14. The Balaban J connectivity index is 1.63. The number of ether oxygens (including phenoxy) is 1. The predicted octanol–water partition coefficient (Wildman–Crippen LogP) is 1.29. The number of sulfonamides is 1. The van der Waals surface area contributed by atoms with Crippen LogP contribution in [0.3, 0.4) is 0 Å². The monoisotopic (exact) mass is 326 g/mol. The van der Waals surface area contributed by atoms with Crippen molar-refractivity contribution in [3.05, 3.63) is 28.2 Å². The second-order valence-corrected chi connectivity index (χ2v) is 8.23. The van der Waals surface area contributed by atoms with Crippen molar-refractivity contribution in [1.82, 2.24) is 8.87 Å². The second kappa shape index (κ2) is 5.70. The maximum atomic E-state index is 12.1. The third-order valence-electron chi connectivity index (χ3n) is 4.12. The first-order chi connectivity index (χ1) is 10.4. The van der Waals surface area contributed by atoms with E-state index in [2.05, 4.69) is 0 Å².